The second kappa shape index (κ2) is 12.0. The number of hydrogen-bond donors (Lipinski definition) is 3. The number of carboxylic acid groups (broad SMARTS) is 1. The zero-order valence-corrected chi connectivity index (χ0v) is 19.5. The van der Waals surface area contributed by atoms with Crippen LogP contribution in [-0.2, 0) is 14.3 Å². The number of rotatable bonds is 12. The summed E-state index contributed by atoms with van der Waals surface area (Å²) in [5.41, 5.74) is 4.53. The molecule has 7 heteroatoms. The van der Waals surface area contributed by atoms with Gasteiger partial charge in [-0.25, -0.2) is 4.79 Å². The minimum Gasteiger partial charge on any atom is -0.481 e. The predicted molar refractivity (Wildman–Crippen MR) is 130 cm³/mol. The largest absolute Gasteiger partial charge is 0.481 e. The van der Waals surface area contributed by atoms with Gasteiger partial charge < -0.3 is 20.5 Å². The summed E-state index contributed by atoms with van der Waals surface area (Å²) in [5.74, 6) is -1.30. The van der Waals surface area contributed by atoms with Gasteiger partial charge >= 0.3 is 12.1 Å². The maximum Gasteiger partial charge on any atom is 0.407 e. The summed E-state index contributed by atoms with van der Waals surface area (Å²) in [7, 11) is 0. The first kappa shape index (κ1) is 25.0. The van der Waals surface area contributed by atoms with Gasteiger partial charge in [-0.1, -0.05) is 61.5 Å². The molecule has 0 heterocycles. The van der Waals surface area contributed by atoms with E-state index in [2.05, 4.69) is 29.3 Å². The molecular formula is C27H32N2O5. The Labute approximate surface area is 200 Å². The van der Waals surface area contributed by atoms with Crippen molar-refractivity contribution in [2.75, 3.05) is 13.2 Å². The van der Waals surface area contributed by atoms with E-state index in [-0.39, 0.29) is 30.8 Å². The Morgan fingerprint density at radius 3 is 2.26 bits per heavy atom. The number of allylic oxidation sites excluding steroid dienone is 1. The van der Waals surface area contributed by atoms with Gasteiger partial charge in [-0.05, 0) is 47.4 Å². The maximum atomic E-state index is 12.6. The smallest absolute Gasteiger partial charge is 0.407 e. The molecule has 34 heavy (non-hydrogen) atoms. The summed E-state index contributed by atoms with van der Waals surface area (Å²) >= 11 is 0. The third-order valence-electron chi connectivity index (χ3n) is 6.07. The van der Waals surface area contributed by atoms with Crippen LogP contribution in [0, 0.1) is 5.92 Å². The lowest BCUT2D eigenvalue weighted by atomic mass is 9.98. The Bertz CT molecular complexity index is 990. The first-order valence-corrected chi connectivity index (χ1v) is 11.6. The van der Waals surface area contributed by atoms with E-state index in [9.17, 15) is 14.4 Å². The molecule has 0 spiro atoms. The summed E-state index contributed by atoms with van der Waals surface area (Å²) in [6.07, 6.45) is 2.58. The topological polar surface area (TPSA) is 105 Å². The van der Waals surface area contributed by atoms with Gasteiger partial charge in [0.1, 0.15) is 12.6 Å². The highest BCUT2D eigenvalue weighted by atomic mass is 16.5. The summed E-state index contributed by atoms with van der Waals surface area (Å²) in [5, 5.41) is 14.3. The van der Waals surface area contributed by atoms with Crippen LogP contribution in [0.25, 0.3) is 11.1 Å². The van der Waals surface area contributed by atoms with Gasteiger partial charge in [-0.15, -0.1) is 6.58 Å². The van der Waals surface area contributed by atoms with Gasteiger partial charge in [0.05, 0.1) is 0 Å². The molecule has 2 aromatic carbocycles. The van der Waals surface area contributed by atoms with Crippen LogP contribution in [0.15, 0.2) is 61.2 Å². The van der Waals surface area contributed by atoms with E-state index < -0.39 is 18.1 Å². The molecule has 1 aliphatic rings. The number of aliphatic carboxylic acids is 1. The minimum absolute atomic E-state index is 0.0494. The highest BCUT2D eigenvalue weighted by Gasteiger charge is 2.29. The standard InChI is InChI=1S/C27H32N2O5/c1-3-4-13-24(26(32)28-15-14-18(2)16-25(30)31)29-27(33)34-17-23-21-11-7-5-9-19(21)20-10-6-8-12-22(20)23/h3,5-12,18,23-24H,1,4,13-17H2,2H3,(H,28,32)(H,29,33)(H,30,31). The molecule has 0 saturated carbocycles. The number of carbonyl (C=O) groups excluding carboxylic acids is 2. The zero-order valence-electron chi connectivity index (χ0n) is 19.5. The molecule has 3 N–H and O–H groups in total. The zero-order chi connectivity index (χ0) is 24.5. The van der Waals surface area contributed by atoms with Gasteiger partial charge in [-0.2, -0.15) is 0 Å². The first-order valence-electron chi connectivity index (χ1n) is 11.6. The lowest BCUT2D eigenvalue weighted by Crippen LogP contribution is -2.47. The van der Waals surface area contributed by atoms with Crippen LogP contribution < -0.4 is 10.6 Å². The van der Waals surface area contributed by atoms with Gasteiger partial charge in [0.2, 0.25) is 5.91 Å². The van der Waals surface area contributed by atoms with Crippen LogP contribution in [0.5, 0.6) is 0 Å². The molecule has 0 aromatic heterocycles. The number of carboxylic acids is 1. The summed E-state index contributed by atoms with van der Waals surface area (Å²) in [6, 6.07) is 15.4. The fourth-order valence-electron chi connectivity index (χ4n) is 4.30. The second-order valence-corrected chi connectivity index (χ2v) is 8.67. The van der Waals surface area contributed by atoms with Crippen LogP contribution in [0.4, 0.5) is 4.79 Å². The number of amides is 2. The van der Waals surface area contributed by atoms with Crippen molar-refractivity contribution < 1.29 is 24.2 Å². The van der Waals surface area contributed by atoms with Crippen LogP contribution in [0.3, 0.4) is 0 Å². The lowest BCUT2D eigenvalue weighted by molar-refractivity contribution is -0.138. The van der Waals surface area contributed by atoms with Crippen molar-refractivity contribution in [3.63, 3.8) is 0 Å². The molecular weight excluding hydrogens is 432 g/mol. The average molecular weight is 465 g/mol. The van der Waals surface area contributed by atoms with E-state index in [0.29, 0.717) is 25.8 Å². The first-order chi connectivity index (χ1) is 16.4. The molecule has 0 fully saturated rings. The molecule has 180 valence electrons. The highest BCUT2D eigenvalue weighted by molar-refractivity contribution is 5.85. The lowest BCUT2D eigenvalue weighted by Gasteiger charge is -2.20. The average Bonchev–Trinajstić information content (AvgIpc) is 3.13. The van der Waals surface area contributed by atoms with E-state index in [1.54, 1.807) is 6.08 Å². The number of nitrogens with one attached hydrogen (secondary N) is 2. The molecule has 0 bridgehead atoms. The fourth-order valence-corrected chi connectivity index (χ4v) is 4.30. The van der Waals surface area contributed by atoms with Gasteiger partial charge in [-0.3, -0.25) is 9.59 Å². The minimum atomic E-state index is -0.861. The fraction of sp³-hybridized carbons (Fsp3) is 0.370. The molecule has 0 radical (unpaired) electrons. The third-order valence-corrected chi connectivity index (χ3v) is 6.07. The van der Waals surface area contributed by atoms with Crippen molar-refractivity contribution in [3.8, 4) is 11.1 Å². The van der Waals surface area contributed by atoms with Gasteiger partial charge in [0.25, 0.3) is 0 Å². The van der Waals surface area contributed by atoms with Crippen molar-refractivity contribution in [2.45, 2.75) is 44.6 Å². The Morgan fingerprint density at radius 2 is 1.68 bits per heavy atom. The third kappa shape index (κ3) is 6.47. The second-order valence-electron chi connectivity index (χ2n) is 8.67. The number of ether oxygens (including phenoxy) is 1. The van der Waals surface area contributed by atoms with Crippen molar-refractivity contribution in [2.24, 2.45) is 5.92 Å². The van der Waals surface area contributed by atoms with Crippen LogP contribution in [0.1, 0.15) is 49.7 Å². The highest BCUT2D eigenvalue weighted by Crippen LogP contribution is 2.44. The van der Waals surface area contributed by atoms with E-state index in [1.807, 2.05) is 43.3 Å². The van der Waals surface area contributed by atoms with Gasteiger partial charge in [0, 0.05) is 18.9 Å². The number of hydrogen-bond acceptors (Lipinski definition) is 4. The van der Waals surface area contributed by atoms with E-state index in [1.165, 1.54) is 0 Å². The molecule has 7 nitrogen and oxygen atoms in total. The molecule has 2 atom stereocenters. The summed E-state index contributed by atoms with van der Waals surface area (Å²) < 4.78 is 5.57. The van der Waals surface area contributed by atoms with E-state index in [0.717, 1.165) is 22.3 Å². The Balaban J connectivity index is 1.56. The number of benzene rings is 2. The van der Waals surface area contributed by atoms with Crippen LogP contribution >= 0.6 is 0 Å². The normalized spacial score (nSPS) is 13.8. The molecule has 2 aromatic rings. The molecule has 2 amide bonds. The number of carbonyl (C=O) groups is 3. The maximum absolute atomic E-state index is 12.6. The summed E-state index contributed by atoms with van der Waals surface area (Å²) in [4.78, 5) is 36.0. The predicted octanol–water partition coefficient (Wildman–Crippen LogP) is 4.48. The van der Waals surface area contributed by atoms with Crippen molar-refractivity contribution in [3.05, 3.63) is 72.3 Å². The Morgan fingerprint density at radius 1 is 1.06 bits per heavy atom. The molecule has 3 rings (SSSR count). The van der Waals surface area contributed by atoms with Crippen LogP contribution in [-0.4, -0.2) is 42.3 Å². The van der Waals surface area contributed by atoms with E-state index >= 15 is 0 Å². The number of alkyl carbamates (subject to hydrolysis) is 1. The SMILES string of the molecule is C=CCCC(NC(=O)OCC1c2ccccc2-c2ccccc21)C(=O)NCCC(C)CC(=O)O. The molecule has 0 aliphatic heterocycles. The van der Waals surface area contributed by atoms with Crippen LogP contribution in [0.2, 0.25) is 0 Å². The Hall–Kier alpha value is -3.61. The molecule has 1 aliphatic carbocycles. The van der Waals surface area contributed by atoms with Crippen molar-refractivity contribution in [1.82, 2.24) is 10.6 Å². The van der Waals surface area contributed by atoms with Crippen molar-refractivity contribution in [1.29, 1.82) is 0 Å². The molecule has 2 unspecified atom stereocenters. The quantitative estimate of drug-likeness (QED) is 0.402. The van der Waals surface area contributed by atoms with E-state index in [4.69, 9.17) is 9.84 Å². The monoisotopic (exact) mass is 464 g/mol. The molecule has 0 saturated heterocycles. The number of fused-ring (bicyclic) bond motifs is 3. The van der Waals surface area contributed by atoms with Gasteiger partial charge in [0.15, 0.2) is 0 Å². The Kier molecular flexibility index (Phi) is 8.85. The summed E-state index contributed by atoms with van der Waals surface area (Å²) in [6.45, 7) is 6.01. The van der Waals surface area contributed by atoms with Crippen molar-refractivity contribution >= 4 is 18.0 Å².